The average Bonchev–Trinajstić information content (AvgIpc) is 3.24. The molecule has 1 aliphatic heterocycles. The maximum Gasteiger partial charge on any atom is 0.205 e. The maximum absolute atomic E-state index is 5.84. The molecule has 10 heteroatoms. The van der Waals surface area contributed by atoms with Gasteiger partial charge in [-0.25, -0.2) is 4.98 Å². The van der Waals surface area contributed by atoms with E-state index in [4.69, 9.17) is 4.74 Å². The lowest BCUT2D eigenvalue weighted by molar-refractivity contribution is 0.261. The minimum Gasteiger partial charge on any atom is -0.492 e. The molecule has 1 aromatic heterocycles. The van der Waals surface area contributed by atoms with E-state index >= 15 is 0 Å². The van der Waals surface area contributed by atoms with Gasteiger partial charge in [0.15, 0.2) is 5.96 Å². The summed E-state index contributed by atoms with van der Waals surface area (Å²) >= 11 is 1.50. The summed E-state index contributed by atoms with van der Waals surface area (Å²) in [4.78, 5) is 15.8. The average molecular weight is 560 g/mol. The van der Waals surface area contributed by atoms with Crippen LogP contribution in [0.15, 0.2) is 29.3 Å². The van der Waals surface area contributed by atoms with Crippen LogP contribution < -0.4 is 15.0 Å². The van der Waals surface area contributed by atoms with Crippen molar-refractivity contribution in [3.63, 3.8) is 0 Å². The number of ether oxygens (including phenoxy) is 1. The zero-order valence-corrected chi connectivity index (χ0v) is 22.0. The highest BCUT2D eigenvalue weighted by atomic mass is 127. The Morgan fingerprint density at radius 1 is 1.26 bits per heavy atom. The predicted octanol–water partition coefficient (Wildman–Crippen LogP) is 2.56. The largest absolute Gasteiger partial charge is 0.492 e. The fourth-order valence-electron chi connectivity index (χ4n) is 3.23. The maximum atomic E-state index is 5.84. The van der Waals surface area contributed by atoms with E-state index in [2.05, 4.69) is 53.4 Å². The molecular weight excluding hydrogens is 525 g/mol. The molecule has 1 fully saturated rings. The molecule has 0 unspecified atom stereocenters. The smallest absolute Gasteiger partial charge is 0.205 e. The number of piperazine rings is 1. The number of nitrogens with zero attached hydrogens (tertiary/aromatic N) is 6. The summed E-state index contributed by atoms with van der Waals surface area (Å²) in [6, 6.07) is 8.24. The van der Waals surface area contributed by atoms with E-state index in [1.165, 1.54) is 17.1 Å². The second-order valence-corrected chi connectivity index (χ2v) is 8.25. The van der Waals surface area contributed by atoms with Crippen molar-refractivity contribution in [3.8, 4) is 5.75 Å². The third kappa shape index (κ3) is 7.76. The first-order valence-electron chi connectivity index (χ1n) is 10.5. The Bertz CT molecular complexity index is 822. The third-order valence-corrected chi connectivity index (χ3v) is 5.81. The number of likely N-dealkylation sites (N-methyl/N-ethyl adjacent to an activating group) is 1. The fourth-order valence-corrected chi connectivity index (χ4v) is 4.03. The molecule has 0 aliphatic carbocycles. The third-order valence-electron chi connectivity index (χ3n) is 4.99. The molecule has 172 valence electrons. The zero-order chi connectivity index (χ0) is 21.3. The highest BCUT2D eigenvalue weighted by Crippen LogP contribution is 2.19. The van der Waals surface area contributed by atoms with Crippen LogP contribution in [0.5, 0.6) is 5.75 Å². The van der Waals surface area contributed by atoms with Crippen LogP contribution in [0.3, 0.4) is 0 Å². The molecule has 1 aliphatic rings. The minimum atomic E-state index is 0. The Morgan fingerprint density at radius 3 is 2.68 bits per heavy atom. The summed E-state index contributed by atoms with van der Waals surface area (Å²) in [5.74, 6) is 2.77. The summed E-state index contributed by atoms with van der Waals surface area (Å²) in [7, 11) is 5.94. The molecule has 0 radical (unpaired) electrons. The number of rotatable bonds is 8. The Labute approximate surface area is 206 Å². The number of benzene rings is 1. The summed E-state index contributed by atoms with van der Waals surface area (Å²) in [5, 5.41) is 4.52. The molecular formula is C21H34IN7OS. The first-order valence-corrected chi connectivity index (χ1v) is 11.3. The molecule has 1 saturated heterocycles. The summed E-state index contributed by atoms with van der Waals surface area (Å²) in [6.07, 6.45) is 0.884. The number of nitrogens with one attached hydrogen (secondary N) is 1. The van der Waals surface area contributed by atoms with Crippen molar-refractivity contribution in [1.29, 1.82) is 0 Å². The Morgan fingerprint density at radius 2 is 2.03 bits per heavy atom. The van der Waals surface area contributed by atoms with Gasteiger partial charge in [-0.2, -0.15) is 4.37 Å². The van der Waals surface area contributed by atoms with E-state index in [1.807, 2.05) is 33.3 Å². The van der Waals surface area contributed by atoms with Crippen molar-refractivity contribution < 1.29 is 4.74 Å². The lowest BCUT2D eigenvalue weighted by Gasteiger charge is -2.36. The van der Waals surface area contributed by atoms with Crippen LogP contribution in [-0.2, 0) is 13.0 Å². The van der Waals surface area contributed by atoms with Crippen molar-refractivity contribution >= 4 is 46.6 Å². The molecule has 0 atom stereocenters. The number of aryl methyl sites for hydroxylation is 1. The molecule has 2 heterocycles. The molecule has 0 bridgehead atoms. The van der Waals surface area contributed by atoms with Crippen LogP contribution in [0, 0.1) is 0 Å². The van der Waals surface area contributed by atoms with Crippen molar-refractivity contribution in [2.45, 2.75) is 19.9 Å². The number of aromatic nitrogens is 2. The van der Waals surface area contributed by atoms with Gasteiger partial charge in [0, 0.05) is 64.3 Å². The van der Waals surface area contributed by atoms with Crippen LogP contribution in [0.4, 0.5) is 5.13 Å². The normalized spacial score (nSPS) is 14.5. The van der Waals surface area contributed by atoms with Gasteiger partial charge in [-0.1, -0.05) is 19.1 Å². The van der Waals surface area contributed by atoms with Crippen LogP contribution >= 0.6 is 35.5 Å². The van der Waals surface area contributed by atoms with E-state index in [1.54, 1.807) is 0 Å². The van der Waals surface area contributed by atoms with Gasteiger partial charge in [0.25, 0.3) is 0 Å². The monoisotopic (exact) mass is 559 g/mol. The molecule has 1 N–H and O–H groups in total. The number of hydrogen-bond donors (Lipinski definition) is 1. The van der Waals surface area contributed by atoms with E-state index in [9.17, 15) is 0 Å². The highest BCUT2D eigenvalue weighted by Gasteiger charge is 2.22. The molecule has 0 spiro atoms. The van der Waals surface area contributed by atoms with Gasteiger partial charge in [0.1, 0.15) is 18.2 Å². The first kappa shape index (κ1) is 25.6. The Balaban J connectivity index is 0.00000341. The van der Waals surface area contributed by atoms with Gasteiger partial charge in [-0.15, -0.1) is 24.0 Å². The number of halogens is 1. The number of hydrogen-bond acceptors (Lipinski definition) is 7. The second-order valence-electron chi connectivity index (χ2n) is 7.52. The number of aliphatic imine (C=N–C) groups is 1. The van der Waals surface area contributed by atoms with Crippen LogP contribution in [-0.4, -0.2) is 85.6 Å². The first-order chi connectivity index (χ1) is 14.6. The summed E-state index contributed by atoms with van der Waals surface area (Å²) < 4.78 is 10.2. The van der Waals surface area contributed by atoms with Crippen molar-refractivity contribution in [3.05, 3.63) is 35.7 Å². The van der Waals surface area contributed by atoms with Crippen molar-refractivity contribution in [1.82, 2.24) is 24.5 Å². The highest BCUT2D eigenvalue weighted by molar-refractivity contribution is 14.0. The van der Waals surface area contributed by atoms with Gasteiger partial charge in [0.2, 0.25) is 5.13 Å². The van der Waals surface area contributed by atoms with Crippen molar-refractivity contribution in [2.24, 2.45) is 4.99 Å². The Kier molecular flexibility index (Phi) is 10.7. The topological polar surface area (TPSA) is 69.1 Å². The summed E-state index contributed by atoms with van der Waals surface area (Å²) in [5.41, 5.74) is 1.18. The van der Waals surface area contributed by atoms with Crippen LogP contribution in [0.1, 0.15) is 18.3 Å². The van der Waals surface area contributed by atoms with Crippen LogP contribution in [0.25, 0.3) is 0 Å². The molecule has 0 amide bonds. The molecule has 2 aromatic rings. The molecule has 8 nitrogen and oxygen atoms in total. The quantitative estimate of drug-likeness (QED) is 0.303. The summed E-state index contributed by atoms with van der Waals surface area (Å²) in [6.45, 7) is 8.06. The van der Waals surface area contributed by atoms with Gasteiger partial charge >= 0.3 is 0 Å². The van der Waals surface area contributed by atoms with Gasteiger partial charge in [0.05, 0.1) is 0 Å². The lowest BCUT2D eigenvalue weighted by Crippen LogP contribution is -2.52. The van der Waals surface area contributed by atoms with Crippen molar-refractivity contribution in [2.75, 3.05) is 65.4 Å². The van der Waals surface area contributed by atoms with Gasteiger partial charge < -0.3 is 24.8 Å². The molecule has 3 rings (SSSR count). The Hall–Kier alpha value is -1.66. The minimum absolute atomic E-state index is 0. The van der Waals surface area contributed by atoms with E-state index in [0.29, 0.717) is 13.2 Å². The van der Waals surface area contributed by atoms with E-state index < -0.39 is 0 Å². The van der Waals surface area contributed by atoms with Gasteiger partial charge in [-0.3, -0.25) is 4.99 Å². The molecule has 31 heavy (non-hydrogen) atoms. The molecule has 1 aromatic carbocycles. The van der Waals surface area contributed by atoms with E-state index in [0.717, 1.165) is 61.8 Å². The SMILES string of the molecule is CCc1nsc(N2CCN(C(=NC)NCc3cccc(OCCN(C)C)c3)CC2)n1.I. The van der Waals surface area contributed by atoms with E-state index in [-0.39, 0.29) is 24.0 Å². The number of anilines is 1. The van der Waals surface area contributed by atoms with Crippen LogP contribution in [0.2, 0.25) is 0 Å². The van der Waals surface area contributed by atoms with Gasteiger partial charge in [-0.05, 0) is 31.8 Å². The lowest BCUT2D eigenvalue weighted by atomic mass is 10.2. The second kappa shape index (κ2) is 13.0. The fraction of sp³-hybridized carbons (Fsp3) is 0.571. The zero-order valence-electron chi connectivity index (χ0n) is 18.9. The predicted molar refractivity (Wildman–Crippen MR) is 139 cm³/mol. The standard InChI is InChI=1S/C21H33N7OS.HI/c1-5-19-24-21(30-25-19)28-11-9-27(10-12-28)20(22-2)23-16-17-7-6-8-18(15-17)29-14-13-26(3)4;/h6-8,15H,5,9-14,16H2,1-4H3,(H,22,23);1H. The number of guanidine groups is 1. The molecule has 0 saturated carbocycles.